The number of nitro benzene ring substituents is 1. The Hall–Kier alpha value is -2.89. The van der Waals surface area contributed by atoms with Gasteiger partial charge < -0.3 is 10.1 Å². The molecule has 6 nitrogen and oxygen atoms in total. The van der Waals surface area contributed by atoms with Crippen molar-refractivity contribution in [3.63, 3.8) is 0 Å². The van der Waals surface area contributed by atoms with E-state index >= 15 is 0 Å². The minimum Gasteiger partial charge on any atom is -0.491 e. The fraction of sp³-hybridized carbons (Fsp3) is 0.188. The molecule has 0 aromatic heterocycles. The predicted molar refractivity (Wildman–Crippen MR) is 83.3 cm³/mol. The Labute approximate surface area is 127 Å². The highest BCUT2D eigenvalue weighted by Gasteiger charge is 2.16. The van der Waals surface area contributed by atoms with Crippen LogP contribution in [-0.4, -0.2) is 16.9 Å². The van der Waals surface area contributed by atoms with E-state index in [4.69, 9.17) is 4.74 Å². The van der Waals surface area contributed by atoms with Crippen molar-refractivity contribution in [2.75, 3.05) is 5.32 Å². The minimum atomic E-state index is -0.534. The van der Waals surface area contributed by atoms with Crippen molar-refractivity contribution < 1.29 is 14.5 Å². The van der Waals surface area contributed by atoms with E-state index in [1.165, 1.54) is 12.1 Å². The second-order valence-corrected chi connectivity index (χ2v) is 4.92. The van der Waals surface area contributed by atoms with Crippen molar-refractivity contribution in [2.45, 2.75) is 20.0 Å². The fourth-order valence-electron chi connectivity index (χ4n) is 1.92. The second-order valence-electron chi connectivity index (χ2n) is 4.92. The number of anilines is 1. The van der Waals surface area contributed by atoms with Gasteiger partial charge in [0.25, 0.3) is 11.6 Å². The topological polar surface area (TPSA) is 81.5 Å². The van der Waals surface area contributed by atoms with E-state index in [9.17, 15) is 14.9 Å². The monoisotopic (exact) mass is 300 g/mol. The van der Waals surface area contributed by atoms with Gasteiger partial charge in [-0.05, 0) is 38.1 Å². The maximum atomic E-state index is 12.2. The number of para-hydroxylation sites is 2. The number of benzene rings is 2. The number of hydrogen-bond donors (Lipinski definition) is 1. The highest BCUT2D eigenvalue weighted by molar-refractivity contribution is 6.05. The van der Waals surface area contributed by atoms with Gasteiger partial charge in [0.05, 0.1) is 11.0 Å². The molecule has 6 heteroatoms. The summed E-state index contributed by atoms with van der Waals surface area (Å²) in [7, 11) is 0. The van der Waals surface area contributed by atoms with Crippen molar-refractivity contribution in [1.82, 2.24) is 0 Å². The van der Waals surface area contributed by atoms with Gasteiger partial charge in [-0.25, -0.2) is 0 Å². The Morgan fingerprint density at radius 1 is 1.18 bits per heavy atom. The van der Waals surface area contributed by atoms with Crippen LogP contribution in [0.1, 0.15) is 24.2 Å². The Bertz CT molecular complexity index is 698. The molecule has 0 spiro atoms. The lowest BCUT2D eigenvalue weighted by molar-refractivity contribution is -0.383. The van der Waals surface area contributed by atoms with Crippen molar-refractivity contribution >= 4 is 17.3 Å². The average Bonchev–Trinajstić information content (AvgIpc) is 2.47. The number of hydrogen-bond acceptors (Lipinski definition) is 4. The summed E-state index contributed by atoms with van der Waals surface area (Å²) >= 11 is 0. The number of nitro groups is 1. The van der Waals surface area contributed by atoms with Gasteiger partial charge in [-0.2, -0.15) is 0 Å². The zero-order valence-corrected chi connectivity index (χ0v) is 12.3. The summed E-state index contributed by atoms with van der Waals surface area (Å²) in [6.07, 6.45) is -0.00600. The third-order valence-corrected chi connectivity index (χ3v) is 2.82. The lowest BCUT2D eigenvalue weighted by Crippen LogP contribution is -2.13. The van der Waals surface area contributed by atoms with Crippen molar-refractivity contribution in [3.05, 3.63) is 64.2 Å². The molecule has 2 rings (SSSR count). The summed E-state index contributed by atoms with van der Waals surface area (Å²) < 4.78 is 5.53. The summed E-state index contributed by atoms with van der Waals surface area (Å²) in [5, 5.41) is 13.5. The number of ether oxygens (including phenoxy) is 1. The molecule has 0 bridgehead atoms. The van der Waals surface area contributed by atoms with Crippen LogP contribution >= 0.6 is 0 Å². The highest BCUT2D eigenvalue weighted by Crippen LogP contribution is 2.24. The van der Waals surface area contributed by atoms with Gasteiger partial charge in [0.1, 0.15) is 11.4 Å². The Balaban J connectivity index is 2.21. The van der Waals surface area contributed by atoms with Gasteiger partial charge in [0.15, 0.2) is 0 Å². The first-order valence-electron chi connectivity index (χ1n) is 6.79. The summed E-state index contributed by atoms with van der Waals surface area (Å²) in [5.41, 5.74) is 0.384. The zero-order valence-electron chi connectivity index (χ0n) is 12.3. The molecule has 1 N–H and O–H groups in total. The van der Waals surface area contributed by atoms with Crippen LogP contribution < -0.4 is 10.1 Å². The lowest BCUT2D eigenvalue weighted by atomic mass is 10.2. The van der Waals surface area contributed by atoms with Crippen LogP contribution in [0.2, 0.25) is 0 Å². The fourth-order valence-corrected chi connectivity index (χ4v) is 1.92. The smallest absolute Gasteiger partial charge is 0.292 e. The number of rotatable bonds is 5. The van der Waals surface area contributed by atoms with Crippen LogP contribution in [-0.2, 0) is 0 Å². The minimum absolute atomic E-state index is 0.00600. The molecule has 0 aliphatic rings. The van der Waals surface area contributed by atoms with Crippen LogP contribution in [0.5, 0.6) is 5.75 Å². The summed E-state index contributed by atoms with van der Waals surface area (Å²) in [6, 6.07) is 12.7. The lowest BCUT2D eigenvalue weighted by Gasteiger charge is -2.11. The van der Waals surface area contributed by atoms with E-state index in [1.807, 2.05) is 13.8 Å². The molecule has 1 amide bonds. The molecule has 0 aliphatic heterocycles. The van der Waals surface area contributed by atoms with Crippen molar-refractivity contribution in [1.29, 1.82) is 0 Å². The van der Waals surface area contributed by atoms with E-state index < -0.39 is 10.8 Å². The normalized spacial score (nSPS) is 10.3. The van der Waals surface area contributed by atoms with E-state index in [-0.39, 0.29) is 17.5 Å². The van der Waals surface area contributed by atoms with Crippen molar-refractivity contribution in [3.8, 4) is 5.75 Å². The van der Waals surface area contributed by atoms with Gasteiger partial charge in [0, 0.05) is 11.6 Å². The van der Waals surface area contributed by atoms with E-state index in [0.717, 1.165) is 0 Å². The molecule has 0 saturated heterocycles. The first-order chi connectivity index (χ1) is 10.5. The van der Waals surface area contributed by atoms with E-state index in [2.05, 4.69) is 5.32 Å². The van der Waals surface area contributed by atoms with Gasteiger partial charge >= 0.3 is 0 Å². The molecule has 22 heavy (non-hydrogen) atoms. The number of nitrogens with zero attached hydrogens (tertiary/aromatic N) is 1. The van der Waals surface area contributed by atoms with Crippen LogP contribution in [0.25, 0.3) is 0 Å². The zero-order chi connectivity index (χ0) is 16.1. The maximum Gasteiger partial charge on any atom is 0.292 e. The molecular weight excluding hydrogens is 284 g/mol. The highest BCUT2D eigenvalue weighted by atomic mass is 16.6. The third kappa shape index (κ3) is 3.82. The molecule has 0 heterocycles. The predicted octanol–water partition coefficient (Wildman–Crippen LogP) is 3.63. The van der Waals surface area contributed by atoms with Crippen molar-refractivity contribution in [2.24, 2.45) is 0 Å². The van der Waals surface area contributed by atoms with Crippen LogP contribution in [0.3, 0.4) is 0 Å². The molecule has 0 aliphatic carbocycles. The molecular formula is C16H16N2O4. The van der Waals surface area contributed by atoms with Gasteiger partial charge in [-0.3, -0.25) is 14.9 Å². The maximum absolute atomic E-state index is 12.2. The molecule has 2 aromatic rings. The van der Waals surface area contributed by atoms with Crippen LogP contribution in [0, 0.1) is 10.1 Å². The molecule has 0 radical (unpaired) electrons. The summed E-state index contributed by atoms with van der Waals surface area (Å²) in [6.45, 7) is 3.78. The van der Waals surface area contributed by atoms with Gasteiger partial charge in [-0.15, -0.1) is 0 Å². The molecule has 2 aromatic carbocycles. The number of nitrogens with one attached hydrogen (secondary N) is 1. The average molecular weight is 300 g/mol. The number of carbonyl (C=O) groups excluding carboxylic acids is 1. The number of amides is 1. The first-order valence-corrected chi connectivity index (χ1v) is 6.79. The third-order valence-electron chi connectivity index (χ3n) is 2.82. The quantitative estimate of drug-likeness (QED) is 0.675. The largest absolute Gasteiger partial charge is 0.491 e. The van der Waals surface area contributed by atoms with E-state index in [1.54, 1.807) is 36.4 Å². The van der Waals surface area contributed by atoms with Crippen LogP contribution in [0.15, 0.2) is 48.5 Å². The Morgan fingerprint density at radius 2 is 1.91 bits per heavy atom. The molecule has 0 saturated carbocycles. The SMILES string of the molecule is CC(C)Oc1cccc(C(=O)Nc2ccccc2[N+](=O)[O-])c1. The summed E-state index contributed by atoms with van der Waals surface area (Å²) in [4.78, 5) is 22.7. The number of carbonyl (C=O) groups is 1. The molecule has 0 atom stereocenters. The Kier molecular flexibility index (Phi) is 4.73. The molecule has 0 fully saturated rings. The second kappa shape index (κ2) is 6.71. The molecule has 114 valence electrons. The van der Waals surface area contributed by atoms with E-state index in [0.29, 0.717) is 11.3 Å². The van der Waals surface area contributed by atoms with Gasteiger partial charge in [0.2, 0.25) is 0 Å². The standard InChI is InChI=1S/C16H16N2O4/c1-11(2)22-13-7-5-6-12(10-13)16(19)17-14-8-3-4-9-15(14)18(20)21/h3-11H,1-2H3,(H,17,19). The molecule has 0 unspecified atom stereocenters. The Morgan fingerprint density at radius 3 is 2.59 bits per heavy atom. The first kappa shape index (κ1) is 15.5. The van der Waals surface area contributed by atoms with Crippen LogP contribution in [0.4, 0.5) is 11.4 Å². The van der Waals surface area contributed by atoms with Gasteiger partial charge in [-0.1, -0.05) is 18.2 Å². The summed E-state index contributed by atoms with van der Waals surface area (Å²) in [5.74, 6) is 0.147.